The second kappa shape index (κ2) is 11.1. The van der Waals surface area contributed by atoms with Crippen LogP contribution < -0.4 is 0 Å². The Kier molecular flexibility index (Phi) is 8.50. The summed E-state index contributed by atoms with van der Waals surface area (Å²) in [5, 5.41) is -4.75. The normalized spacial score (nSPS) is 31.9. The number of ether oxygens (including phenoxy) is 5. The van der Waals surface area contributed by atoms with Crippen molar-refractivity contribution in [1.29, 1.82) is 0 Å². The molecule has 3 aliphatic carbocycles. The van der Waals surface area contributed by atoms with Gasteiger partial charge in [0.25, 0.3) is 0 Å². The highest BCUT2D eigenvalue weighted by atomic mass is 32.2. The van der Waals surface area contributed by atoms with Crippen molar-refractivity contribution in [3.05, 3.63) is 0 Å². The molecule has 0 aromatic heterocycles. The van der Waals surface area contributed by atoms with Gasteiger partial charge in [-0.3, -0.25) is 14.1 Å². The van der Waals surface area contributed by atoms with Gasteiger partial charge in [-0.15, -0.1) is 0 Å². The van der Waals surface area contributed by atoms with Crippen LogP contribution in [0.5, 0.6) is 0 Å². The van der Waals surface area contributed by atoms with Crippen molar-refractivity contribution < 1.29 is 64.6 Å². The number of carbonyl (C=O) groups excluding carboxylic acids is 4. The van der Waals surface area contributed by atoms with E-state index < -0.39 is 94.1 Å². The van der Waals surface area contributed by atoms with Crippen LogP contribution in [0.1, 0.15) is 59.3 Å². The van der Waals surface area contributed by atoms with E-state index in [-0.39, 0.29) is 11.8 Å². The Bertz CT molecular complexity index is 1130. The van der Waals surface area contributed by atoms with E-state index in [0.717, 1.165) is 32.1 Å². The molecule has 8 atom stereocenters. The van der Waals surface area contributed by atoms with E-state index in [1.165, 1.54) is 0 Å². The summed E-state index contributed by atoms with van der Waals surface area (Å²) in [7, 11) is -5.83. The molecule has 1 N–H and O–H groups in total. The Morgan fingerprint density at radius 3 is 2.35 bits per heavy atom. The highest BCUT2D eigenvalue weighted by Gasteiger charge is 2.70. The third kappa shape index (κ3) is 5.43. The zero-order valence-corrected chi connectivity index (χ0v) is 23.2. The van der Waals surface area contributed by atoms with Crippen molar-refractivity contribution in [1.82, 2.24) is 0 Å². The highest BCUT2D eigenvalue weighted by Crippen LogP contribution is 2.59. The topological polar surface area (TPSA) is 169 Å². The van der Waals surface area contributed by atoms with E-state index in [1.54, 1.807) is 0 Å². The third-order valence-corrected chi connectivity index (χ3v) is 9.93. The highest BCUT2D eigenvalue weighted by molar-refractivity contribution is 7.86. The smallest absolute Gasteiger partial charge is 0.405 e. The molecule has 226 valence electrons. The molecule has 0 aromatic rings. The minimum atomic E-state index is -5.83. The van der Waals surface area contributed by atoms with Gasteiger partial charge in [0, 0.05) is 11.8 Å². The van der Waals surface area contributed by atoms with E-state index in [1.807, 2.05) is 13.8 Å². The summed E-state index contributed by atoms with van der Waals surface area (Å²) in [4.78, 5) is 50.4. The van der Waals surface area contributed by atoms with E-state index >= 15 is 0 Å². The van der Waals surface area contributed by atoms with Gasteiger partial charge < -0.3 is 23.7 Å². The SMILES string of the molecule is CCC(C)C1(OC(=O)C2C3CC4C(OC(=O)C42)C3OC(=O)COCC(=O)OC(C)C(F)(F)S(=O)(=O)O)CCCC1. The molecule has 4 aliphatic rings. The van der Waals surface area contributed by atoms with E-state index in [4.69, 9.17) is 23.5 Å². The van der Waals surface area contributed by atoms with Gasteiger partial charge in [0.1, 0.15) is 31.0 Å². The Hall–Kier alpha value is -2.39. The summed E-state index contributed by atoms with van der Waals surface area (Å²) in [6, 6.07) is 0. The van der Waals surface area contributed by atoms with Crippen LogP contribution >= 0.6 is 0 Å². The van der Waals surface area contributed by atoms with E-state index in [9.17, 15) is 36.4 Å². The van der Waals surface area contributed by atoms with Gasteiger partial charge in [-0.1, -0.05) is 13.8 Å². The monoisotopic (exact) mass is 596 g/mol. The van der Waals surface area contributed by atoms with Crippen molar-refractivity contribution in [2.24, 2.45) is 29.6 Å². The van der Waals surface area contributed by atoms with E-state index in [0.29, 0.717) is 13.3 Å². The minimum Gasteiger partial charge on any atom is -0.459 e. The molecule has 8 unspecified atom stereocenters. The summed E-state index contributed by atoms with van der Waals surface area (Å²) in [6.07, 6.45) is 0.464. The molecule has 12 nitrogen and oxygen atoms in total. The van der Waals surface area contributed by atoms with Crippen LogP contribution in [-0.2, 0) is 53.0 Å². The number of halogens is 2. The Morgan fingerprint density at radius 1 is 1.12 bits per heavy atom. The van der Waals surface area contributed by atoms with Crippen molar-refractivity contribution in [2.75, 3.05) is 13.2 Å². The standard InChI is InChI=1S/C25H34F2O12S/c1-4-12(2)24(7-5-6-8-24)39-23(31)19-15-9-14-18(19)22(30)38-21(14)20(15)37-17(29)11-35-10-16(28)36-13(3)25(26,27)40(32,33)34/h12-15,18-21H,4-11H2,1-3H3,(H,32,33,34). The van der Waals surface area contributed by atoms with Crippen molar-refractivity contribution in [3.63, 3.8) is 0 Å². The number of hydrogen-bond donors (Lipinski definition) is 1. The molecule has 1 heterocycles. The maximum atomic E-state index is 13.5. The van der Waals surface area contributed by atoms with Crippen LogP contribution in [0.4, 0.5) is 8.78 Å². The third-order valence-electron chi connectivity index (χ3n) is 8.92. The van der Waals surface area contributed by atoms with Crippen molar-refractivity contribution >= 4 is 34.0 Å². The molecule has 15 heteroatoms. The molecule has 0 spiro atoms. The van der Waals surface area contributed by atoms with Gasteiger partial charge in [0.15, 0.2) is 6.10 Å². The quantitative estimate of drug-likeness (QED) is 0.198. The summed E-state index contributed by atoms with van der Waals surface area (Å²) < 4.78 is 83.3. The maximum Gasteiger partial charge on any atom is 0.405 e. The fourth-order valence-electron chi connectivity index (χ4n) is 6.69. The van der Waals surface area contributed by atoms with Crippen LogP contribution in [0.3, 0.4) is 0 Å². The second-order valence-electron chi connectivity index (χ2n) is 11.1. The molecule has 0 aromatic carbocycles. The lowest BCUT2D eigenvalue weighted by molar-refractivity contribution is -0.181. The zero-order chi connectivity index (χ0) is 29.6. The Labute approximate surface area is 230 Å². The molecule has 4 fully saturated rings. The molecule has 4 rings (SSSR count). The number of alkyl halides is 2. The maximum absolute atomic E-state index is 13.5. The molecule has 1 aliphatic heterocycles. The Balaban J connectivity index is 1.33. The van der Waals surface area contributed by atoms with Gasteiger partial charge >= 0.3 is 39.2 Å². The van der Waals surface area contributed by atoms with Gasteiger partial charge in [-0.05, 0) is 51.4 Å². The lowest BCUT2D eigenvalue weighted by atomic mass is 9.78. The van der Waals surface area contributed by atoms with Gasteiger partial charge in [0.05, 0.1) is 11.8 Å². The molecule has 2 bridgehead atoms. The average molecular weight is 597 g/mol. The summed E-state index contributed by atoms with van der Waals surface area (Å²) in [5.74, 6) is -5.56. The van der Waals surface area contributed by atoms with Gasteiger partial charge in [0.2, 0.25) is 0 Å². The molecular weight excluding hydrogens is 562 g/mol. The number of carbonyl (C=O) groups is 4. The predicted molar refractivity (Wildman–Crippen MR) is 128 cm³/mol. The van der Waals surface area contributed by atoms with Crippen LogP contribution in [0.2, 0.25) is 0 Å². The molecular formula is C25H34F2O12S. The molecule has 1 saturated heterocycles. The first-order valence-corrected chi connectivity index (χ1v) is 14.8. The summed E-state index contributed by atoms with van der Waals surface area (Å²) in [6.45, 7) is 2.83. The van der Waals surface area contributed by atoms with Crippen molar-refractivity contribution in [2.45, 2.75) is 88.5 Å². The first kappa shape index (κ1) is 30.6. The predicted octanol–water partition coefficient (Wildman–Crippen LogP) is 2.04. The summed E-state index contributed by atoms with van der Waals surface area (Å²) >= 11 is 0. The van der Waals surface area contributed by atoms with Crippen LogP contribution in [0.25, 0.3) is 0 Å². The van der Waals surface area contributed by atoms with Gasteiger partial charge in [-0.25, -0.2) is 9.59 Å². The van der Waals surface area contributed by atoms with Crippen LogP contribution in [-0.4, -0.2) is 79.2 Å². The van der Waals surface area contributed by atoms with Gasteiger partial charge in [-0.2, -0.15) is 17.2 Å². The fraction of sp³-hybridized carbons (Fsp3) is 0.840. The van der Waals surface area contributed by atoms with Crippen LogP contribution in [0.15, 0.2) is 0 Å². The number of fused-ring (bicyclic) bond motifs is 1. The number of hydrogen-bond acceptors (Lipinski definition) is 11. The first-order valence-electron chi connectivity index (χ1n) is 13.4. The van der Waals surface area contributed by atoms with Crippen molar-refractivity contribution in [3.8, 4) is 0 Å². The molecule has 0 amide bonds. The second-order valence-corrected chi connectivity index (χ2v) is 12.6. The van der Waals surface area contributed by atoms with E-state index in [2.05, 4.69) is 4.74 Å². The lowest BCUT2D eigenvalue weighted by Crippen LogP contribution is -2.47. The minimum absolute atomic E-state index is 0.139. The number of rotatable bonds is 12. The van der Waals surface area contributed by atoms with Crippen LogP contribution in [0, 0.1) is 29.6 Å². The molecule has 0 radical (unpaired) electrons. The number of esters is 4. The average Bonchev–Trinajstić information content (AvgIpc) is 3.61. The molecule has 3 saturated carbocycles. The fourth-order valence-corrected chi connectivity index (χ4v) is 7.16. The first-order chi connectivity index (χ1) is 18.6. The Morgan fingerprint density at radius 2 is 1.75 bits per heavy atom. The largest absolute Gasteiger partial charge is 0.459 e. The summed E-state index contributed by atoms with van der Waals surface area (Å²) in [5.41, 5.74) is -0.590. The molecule has 40 heavy (non-hydrogen) atoms. The zero-order valence-electron chi connectivity index (χ0n) is 22.4. The lowest BCUT2D eigenvalue weighted by Gasteiger charge is -2.38.